The minimum atomic E-state index is 0.872. The van der Waals surface area contributed by atoms with E-state index in [0.29, 0.717) is 0 Å². The van der Waals surface area contributed by atoms with Gasteiger partial charge >= 0.3 is 0 Å². The molecule has 2 heterocycles. The number of fused-ring (bicyclic) bond motifs is 11. The molecule has 0 saturated heterocycles. The molecule has 1 aliphatic carbocycles. The van der Waals surface area contributed by atoms with Gasteiger partial charge in [0.1, 0.15) is 11.2 Å². The fourth-order valence-electron chi connectivity index (χ4n) is 8.45. The number of para-hydroxylation sites is 2. The van der Waals surface area contributed by atoms with Crippen molar-refractivity contribution in [2.75, 3.05) is 9.80 Å². The molecule has 10 aromatic rings. The highest BCUT2D eigenvalue weighted by molar-refractivity contribution is 7.26. The number of anilines is 5. The zero-order valence-electron chi connectivity index (χ0n) is 29.4. The zero-order chi connectivity index (χ0) is 35.6. The summed E-state index contributed by atoms with van der Waals surface area (Å²) < 4.78 is 9.52. The summed E-state index contributed by atoms with van der Waals surface area (Å²) in [5.74, 6) is 0. The third kappa shape index (κ3) is 4.88. The highest BCUT2D eigenvalue weighted by Gasteiger charge is 2.23. The van der Waals surface area contributed by atoms with E-state index in [1.165, 1.54) is 47.7 Å². The number of benzene rings is 8. The molecule has 54 heavy (non-hydrogen) atoms. The van der Waals surface area contributed by atoms with Crippen LogP contribution in [0.2, 0.25) is 0 Å². The van der Waals surface area contributed by atoms with E-state index in [0.717, 1.165) is 62.9 Å². The number of rotatable bonds is 6. The summed E-state index contributed by atoms with van der Waals surface area (Å²) >= 11 is 1.87. The topological polar surface area (TPSA) is 19.6 Å². The molecule has 2 aromatic heterocycles. The maximum Gasteiger partial charge on any atom is 0.143 e. The van der Waals surface area contributed by atoms with Gasteiger partial charge in [0.05, 0.1) is 5.69 Å². The molecule has 0 N–H and O–H groups in total. The summed E-state index contributed by atoms with van der Waals surface area (Å²) in [6.07, 6.45) is 9.06. The van der Waals surface area contributed by atoms with Crippen LogP contribution in [0.1, 0.15) is 12.8 Å². The van der Waals surface area contributed by atoms with Crippen LogP contribution in [0.15, 0.2) is 192 Å². The Balaban J connectivity index is 1.14. The van der Waals surface area contributed by atoms with Gasteiger partial charge in [0, 0.05) is 70.8 Å². The first-order valence-electron chi connectivity index (χ1n) is 18.6. The van der Waals surface area contributed by atoms with Crippen LogP contribution in [-0.4, -0.2) is 0 Å². The molecule has 3 nitrogen and oxygen atoms in total. The maximum absolute atomic E-state index is 6.90. The van der Waals surface area contributed by atoms with E-state index < -0.39 is 0 Å². The number of thiophene rings is 1. The molecule has 8 aromatic carbocycles. The summed E-state index contributed by atoms with van der Waals surface area (Å²) in [5.41, 5.74) is 8.59. The molecular weight excluding hydrogens is 677 g/mol. The second-order valence-electron chi connectivity index (χ2n) is 14.0. The Morgan fingerprint density at radius 2 is 1.11 bits per heavy atom. The maximum atomic E-state index is 6.90. The van der Waals surface area contributed by atoms with Crippen LogP contribution >= 0.6 is 11.3 Å². The smallest absolute Gasteiger partial charge is 0.143 e. The third-order valence-corrected chi connectivity index (χ3v) is 11.9. The molecular formula is C50H34N2OS. The van der Waals surface area contributed by atoms with Crippen molar-refractivity contribution < 1.29 is 4.42 Å². The Bertz CT molecular complexity index is 3080. The Hall–Kier alpha value is -6.62. The highest BCUT2D eigenvalue weighted by Crippen LogP contribution is 2.47. The van der Waals surface area contributed by atoms with Crippen LogP contribution in [-0.2, 0) is 0 Å². The van der Waals surface area contributed by atoms with E-state index in [9.17, 15) is 0 Å². The minimum absolute atomic E-state index is 0.872. The van der Waals surface area contributed by atoms with E-state index >= 15 is 0 Å². The van der Waals surface area contributed by atoms with E-state index in [1.807, 2.05) is 11.3 Å². The van der Waals surface area contributed by atoms with Gasteiger partial charge in [0.25, 0.3) is 0 Å². The molecule has 4 heteroatoms. The van der Waals surface area contributed by atoms with Gasteiger partial charge in [0.2, 0.25) is 0 Å². The summed E-state index contributed by atoms with van der Waals surface area (Å²) in [5, 5.41) is 9.57. The molecule has 256 valence electrons. The monoisotopic (exact) mass is 710 g/mol. The lowest BCUT2D eigenvalue weighted by molar-refractivity contribution is 0.673. The molecule has 11 rings (SSSR count). The zero-order valence-corrected chi connectivity index (χ0v) is 30.3. The van der Waals surface area contributed by atoms with Crippen molar-refractivity contribution in [1.29, 1.82) is 0 Å². The van der Waals surface area contributed by atoms with Crippen LogP contribution in [0.3, 0.4) is 0 Å². The second kappa shape index (κ2) is 12.5. The van der Waals surface area contributed by atoms with Gasteiger partial charge in [-0.2, -0.15) is 0 Å². The fraction of sp³-hybridized carbons (Fsp3) is 0.0400. The van der Waals surface area contributed by atoms with Crippen molar-refractivity contribution >= 4 is 103 Å². The van der Waals surface area contributed by atoms with Crippen LogP contribution < -0.4 is 9.80 Å². The van der Waals surface area contributed by atoms with E-state index in [1.54, 1.807) is 0 Å². The molecule has 0 unspecified atom stereocenters. The Morgan fingerprint density at radius 1 is 0.444 bits per heavy atom. The Kier molecular flexibility index (Phi) is 7.17. The minimum Gasteiger partial charge on any atom is -0.455 e. The van der Waals surface area contributed by atoms with Crippen molar-refractivity contribution in [3.63, 3.8) is 0 Å². The average Bonchev–Trinajstić information content (AvgIpc) is 3.82. The number of hydrogen-bond acceptors (Lipinski definition) is 4. The number of nitrogens with zero attached hydrogens (tertiary/aromatic N) is 2. The normalized spacial score (nSPS) is 13.1. The van der Waals surface area contributed by atoms with Gasteiger partial charge in [-0.15, -0.1) is 11.3 Å². The first kappa shape index (κ1) is 31.0. The lowest BCUT2D eigenvalue weighted by Crippen LogP contribution is -2.16. The van der Waals surface area contributed by atoms with Crippen molar-refractivity contribution in [2.45, 2.75) is 12.8 Å². The van der Waals surface area contributed by atoms with Crippen LogP contribution in [0, 0.1) is 0 Å². The second-order valence-corrected chi connectivity index (χ2v) is 15.0. The Morgan fingerprint density at radius 3 is 1.87 bits per heavy atom. The van der Waals surface area contributed by atoms with Gasteiger partial charge in [0.15, 0.2) is 0 Å². The quantitative estimate of drug-likeness (QED) is 0.160. The molecule has 0 spiro atoms. The van der Waals surface area contributed by atoms with Gasteiger partial charge in [-0.05, 0) is 102 Å². The van der Waals surface area contributed by atoms with E-state index in [2.05, 4.69) is 192 Å². The van der Waals surface area contributed by atoms with Crippen molar-refractivity contribution in [2.24, 2.45) is 0 Å². The number of furan rings is 1. The van der Waals surface area contributed by atoms with Crippen LogP contribution in [0.4, 0.5) is 28.4 Å². The lowest BCUT2D eigenvalue weighted by atomic mass is 9.95. The molecule has 0 bridgehead atoms. The van der Waals surface area contributed by atoms with Gasteiger partial charge in [-0.25, -0.2) is 0 Å². The molecule has 0 aliphatic heterocycles. The van der Waals surface area contributed by atoms with Crippen molar-refractivity contribution in [3.8, 4) is 0 Å². The molecule has 1 aliphatic rings. The Labute approximate surface area is 316 Å². The number of hydrogen-bond donors (Lipinski definition) is 0. The third-order valence-electron chi connectivity index (χ3n) is 10.8. The summed E-state index contributed by atoms with van der Waals surface area (Å²) in [4.78, 5) is 4.76. The van der Waals surface area contributed by atoms with Gasteiger partial charge in [-0.1, -0.05) is 103 Å². The van der Waals surface area contributed by atoms with Crippen molar-refractivity contribution in [3.05, 3.63) is 188 Å². The van der Waals surface area contributed by atoms with Crippen molar-refractivity contribution in [1.82, 2.24) is 0 Å². The first-order chi connectivity index (χ1) is 26.8. The predicted molar refractivity (Wildman–Crippen MR) is 231 cm³/mol. The lowest BCUT2D eigenvalue weighted by Gasteiger charge is -2.29. The highest BCUT2D eigenvalue weighted by atomic mass is 32.1. The largest absolute Gasteiger partial charge is 0.455 e. The molecule has 0 radical (unpaired) electrons. The molecule has 0 amide bonds. The predicted octanol–water partition coefficient (Wildman–Crippen LogP) is 15.1. The standard InChI is InChI=1S/C50H34N2OS/c1-4-15-33(16-5-1)51(34-17-6-2-7-18-34)37-28-30-41-45(32-37)53-50-40-22-11-10-21-38(40)43-31-36(27-29-39(43)48(41)50)52(35-19-8-3-9-20-35)44-24-14-26-47-49(44)42-23-12-13-25-46(42)54-47/h1-2,4-8,10-32H,3,9H2. The molecule has 0 atom stereocenters. The summed E-state index contributed by atoms with van der Waals surface area (Å²) in [7, 11) is 0. The van der Waals surface area contributed by atoms with Gasteiger partial charge in [-0.3, -0.25) is 0 Å². The summed E-state index contributed by atoms with van der Waals surface area (Å²) in [6, 6.07) is 59.0. The SMILES string of the molecule is C1=CC(N(c2ccc3c(c2)c2ccccc2c2oc4cc(N(c5ccccc5)c5ccccc5)ccc4c32)c2cccc3sc4ccccc4c23)=CCC1. The summed E-state index contributed by atoms with van der Waals surface area (Å²) in [6.45, 7) is 0. The number of allylic oxidation sites excluding steroid dienone is 3. The average molecular weight is 711 g/mol. The van der Waals surface area contributed by atoms with Gasteiger partial charge < -0.3 is 14.2 Å². The fourth-order valence-corrected chi connectivity index (χ4v) is 9.57. The van der Waals surface area contributed by atoms with Crippen LogP contribution in [0.25, 0.3) is 63.7 Å². The van der Waals surface area contributed by atoms with Crippen LogP contribution in [0.5, 0.6) is 0 Å². The molecule has 0 saturated carbocycles. The first-order valence-corrected chi connectivity index (χ1v) is 19.4. The van der Waals surface area contributed by atoms with E-state index in [-0.39, 0.29) is 0 Å². The van der Waals surface area contributed by atoms with E-state index in [4.69, 9.17) is 4.42 Å². The molecule has 0 fully saturated rings.